The van der Waals surface area contributed by atoms with E-state index in [-0.39, 0.29) is 24.3 Å². The lowest BCUT2D eigenvalue weighted by Crippen LogP contribution is -2.40. The van der Waals surface area contributed by atoms with E-state index in [1.54, 1.807) is 41.0 Å². The van der Waals surface area contributed by atoms with Gasteiger partial charge in [-0.15, -0.1) is 0 Å². The molecule has 2 amide bonds. The molecule has 2 aromatic rings. The van der Waals surface area contributed by atoms with Crippen LogP contribution in [-0.4, -0.2) is 59.5 Å². The zero-order valence-corrected chi connectivity index (χ0v) is 15.8. The summed E-state index contributed by atoms with van der Waals surface area (Å²) in [4.78, 5) is 29.0. The third-order valence-electron chi connectivity index (χ3n) is 6.09. The van der Waals surface area contributed by atoms with E-state index in [9.17, 15) is 19.1 Å². The first-order valence-corrected chi connectivity index (χ1v) is 9.44. The Kier molecular flexibility index (Phi) is 4.67. The number of rotatable bonds is 3. The van der Waals surface area contributed by atoms with Crippen molar-refractivity contribution in [3.63, 3.8) is 0 Å². The van der Waals surface area contributed by atoms with Gasteiger partial charge in [0.1, 0.15) is 5.82 Å². The summed E-state index contributed by atoms with van der Waals surface area (Å²) in [7, 11) is 0. The van der Waals surface area contributed by atoms with E-state index in [1.165, 1.54) is 6.07 Å². The zero-order chi connectivity index (χ0) is 19.9. The SMILES string of the molecule is Cc1ccc(C(=O)N2C[C@H]3CN(C(=O)c4ccccc4)C[C@@]3(CO)C2)cc1F. The van der Waals surface area contributed by atoms with Crippen LogP contribution in [0, 0.1) is 24.1 Å². The zero-order valence-electron chi connectivity index (χ0n) is 15.8. The minimum Gasteiger partial charge on any atom is -0.396 e. The van der Waals surface area contributed by atoms with Crippen molar-refractivity contribution >= 4 is 11.8 Å². The van der Waals surface area contributed by atoms with Crippen molar-refractivity contribution < 1.29 is 19.1 Å². The first-order chi connectivity index (χ1) is 13.4. The van der Waals surface area contributed by atoms with Crippen molar-refractivity contribution in [2.45, 2.75) is 6.92 Å². The van der Waals surface area contributed by atoms with Gasteiger partial charge in [0.2, 0.25) is 0 Å². The highest BCUT2D eigenvalue weighted by Gasteiger charge is 2.54. The fourth-order valence-corrected chi connectivity index (χ4v) is 4.38. The van der Waals surface area contributed by atoms with Crippen LogP contribution in [0.15, 0.2) is 48.5 Å². The van der Waals surface area contributed by atoms with Crippen molar-refractivity contribution in [3.8, 4) is 0 Å². The molecule has 2 aromatic carbocycles. The third kappa shape index (κ3) is 3.07. The molecule has 4 rings (SSSR count). The first kappa shape index (κ1) is 18.6. The highest BCUT2D eigenvalue weighted by molar-refractivity contribution is 5.95. The van der Waals surface area contributed by atoms with Gasteiger partial charge in [-0.05, 0) is 36.8 Å². The number of halogens is 1. The Hall–Kier alpha value is -2.73. The number of hydrogen-bond acceptors (Lipinski definition) is 3. The highest BCUT2D eigenvalue weighted by Crippen LogP contribution is 2.43. The van der Waals surface area contributed by atoms with Gasteiger partial charge in [-0.1, -0.05) is 24.3 Å². The molecule has 146 valence electrons. The minimum atomic E-state index is -0.524. The van der Waals surface area contributed by atoms with Crippen LogP contribution in [0.2, 0.25) is 0 Å². The monoisotopic (exact) mass is 382 g/mol. The Morgan fingerprint density at radius 2 is 1.64 bits per heavy atom. The molecule has 2 fully saturated rings. The molecule has 28 heavy (non-hydrogen) atoms. The van der Waals surface area contributed by atoms with Crippen LogP contribution < -0.4 is 0 Å². The summed E-state index contributed by atoms with van der Waals surface area (Å²) in [5.41, 5.74) is 0.910. The van der Waals surface area contributed by atoms with Gasteiger partial charge in [0.05, 0.1) is 6.61 Å². The van der Waals surface area contributed by atoms with E-state index in [4.69, 9.17) is 0 Å². The van der Waals surface area contributed by atoms with E-state index in [0.717, 1.165) is 0 Å². The Morgan fingerprint density at radius 3 is 2.18 bits per heavy atom. The number of nitrogens with zero attached hydrogens (tertiary/aromatic N) is 2. The standard InChI is InChI=1S/C22H23FN2O3/c1-15-7-8-17(9-19(15)23)21(28)25-11-18-10-24(12-22(18,13-25)14-26)20(27)16-5-3-2-4-6-16/h2-9,18,26H,10-14H2,1H3/t18-,22+/m1/s1. The van der Waals surface area contributed by atoms with E-state index in [2.05, 4.69) is 0 Å². The highest BCUT2D eigenvalue weighted by atomic mass is 19.1. The second kappa shape index (κ2) is 7.02. The molecule has 0 aliphatic carbocycles. The molecular formula is C22H23FN2O3. The molecule has 0 radical (unpaired) electrons. The van der Waals surface area contributed by atoms with E-state index < -0.39 is 11.2 Å². The van der Waals surface area contributed by atoms with E-state index >= 15 is 0 Å². The number of amides is 2. The molecule has 5 nitrogen and oxygen atoms in total. The van der Waals surface area contributed by atoms with Crippen LogP contribution in [0.5, 0.6) is 0 Å². The smallest absolute Gasteiger partial charge is 0.253 e. The van der Waals surface area contributed by atoms with Crippen LogP contribution in [0.25, 0.3) is 0 Å². The molecular weight excluding hydrogens is 359 g/mol. The lowest BCUT2D eigenvalue weighted by molar-refractivity contribution is 0.0666. The van der Waals surface area contributed by atoms with Crippen molar-refractivity contribution in [1.82, 2.24) is 9.80 Å². The van der Waals surface area contributed by atoms with Gasteiger partial charge < -0.3 is 14.9 Å². The number of aryl methyl sites for hydroxylation is 1. The van der Waals surface area contributed by atoms with Crippen LogP contribution in [0.1, 0.15) is 26.3 Å². The molecule has 2 saturated heterocycles. The van der Waals surface area contributed by atoms with Gasteiger partial charge in [-0.2, -0.15) is 0 Å². The van der Waals surface area contributed by atoms with Crippen LogP contribution in [0.4, 0.5) is 4.39 Å². The largest absolute Gasteiger partial charge is 0.396 e. The number of benzene rings is 2. The summed E-state index contributed by atoms with van der Waals surface area (Å²) in [6, 6.07) is 13.6. The maximum atomic E-state index is 13.8. The van der Waals surface area contributed by atoms with E-state index in [1.807, 2.05) is 18.2 Å². The maximum Gasteiger partial charge on any atom is 0.253 e. The fourth-order valence-electron chi connectivity index (χ4n) is 4.38. The maximum absolute atomic E-state index is 13.8. The molecule has 1 N–H and O–H groups in total. The first-order valence-electron chi connectivity index (χ1n) is 9.44. The van der Waals surface area contributed by atoms with Gasteiger partial charge in [0.15, 0.2) is 0 Å². The number of carbonyl (C=O) groups excluding carboxylic acids is 2. The number of likely N-dealkylation sites (tertiary alicyclic amines) is 2. The average Bonchev–Trinajstić information content (AvgIpc) is 3.24. The molecule has 6 heteroatoms. The molecule has 0 saturated carbocycles. The molecule has 2 atom stereocenters. The summed E-state index contributed by atoms with van der Waals surface area (Å²) in [6.07, 6.45) is 0. The average molecular weight is 382 g/mol. The second-order valence-corrected chi connectivity index (χ2v) is 7.92. The molecule has 0 spiro atoms. The minimum absolute atomic E-state index is 0.00408. The van der Waals surface area contributed by atoms with Gasteiger partial charge >= 0.3 is 0 Å². The van der Waals surface area contributed by atoms with Crippen LogP contribution in [-0.2, 0) is 0 Å². The quantitative estimate of drug-likeness (QED) is 0.887. The molecule has 0 bridgehead atoms. The predicted molar refractivity (Wildman–Crippen MR) is 102 cm³/mol. The fraction of sp³-hybridized carbons (Fsp3) is 0.364. The summed E-state index contributed by atoms with van der Waals surface area (Å²) in [5.74, 6) is -0.686. The molecule has 2 aliphatic rings. The summed E-state index contributed by atoms with van der Waals surface area (Å²) in [5, 5.41) is 10.1. The molecule has 2 aliphatic heterocycles. The number of fused-ring (bicyclic) bond motifs is 1. The summed E-state index contributed by atoms with van der Waals surface area (Å²) >= 11 is 0. The van der Waals surface area contributed by atoms with Gasteiger partial charge in [-0.3, -0.25) is 9.59 Å². The van der Waals surface area contributed by atoms with Crippen molar-refractivity contribution in [1.29, 1.82) is 0 Å². The summed E-state index contributed by atoms with van der Waals surface area (Å²) < 4.78 is 13.8. The number of carbonyl (C=O) groups is 2. The Morgan fingerprint density at radius 1 is 1.04 bits per heavy atom. The lowest BCUT2D eigenvalue weighted by Gasteiger charge is -2.27. The Bertz CT molecular complexity index is 917. The number of hydrogen-bond donors (Lipinski definition) is 1. The topological polar surface area (TPSA) is 60.9 Å². The van der Waals surface area contributed by atoms with Crippen LogP contribution in [0.3, 0.4) is 0 Å². The van der Waals surface area contributed by atoms with Crippen molar-refractivity contribution in [3.05, 3.63) is 71.0 Å². The number of aliphatic hydroxyl groups is 1. The van der Waals surface area contributed by atoms with Gasteiger partial charge in [0, 0.05) is 48.6 Å². The normalized spacial score (nSPS) is 23.8. The molecule has 0 unspecified atom stereocenters. The Labute approximate surface area is 163 Å². The van der Waals surface area contributed by atoms with E-state index in [0.29, 0.717) is 42.9 Å². The molecule has 2 heterocycles. The van der Waals surface area contributed by atoms with Gasteiger partial charge in [-0.25, -0.2) is 4.39 Å². The third-order valence-corrected chi connectivity index (χ3v) is 6.09. The van der Waals surface area contributed by atoms with Crippen molar-refractivity contribution in [2.24, 2.45) is 11.3 Å². The lowest BCUT2D eigenvalue weighted by atomic mass is 9.82. The Balaban J connectivity index is 1.50. The predicted octanol–water partition coefficient (Wildman–Crippen LogP) is 2.34. The summed E-state index contributed by atoms with van der Waals surface area (Å²) in [6.45, 7) is 3.29. The molecule has 0 aromatic heterocycles. The number of aliphatic hydroxyl groups excluding tert-OH is 1. The van der Waals surface area contributed by atoms with Crippen molar-refractivity contribution in [2.75, 3.05) is 32.8 Å². The van der Waals surface area contributed by atoms with Crippen LogP contribution >= 0.6 is 0 Å². The van der Waals surface area contributed by atoms with Gasteiger partial charge in [0.25, 0.3) is 11.8 Å². The second-order valence-electron chi connectivity index (χ2n) is 7.92.